The van der Waals surface area contributed by atoms with Gasteiger partial charge in [0.05, 0.1) is 6.54 Å². The minimum atomic E-state index is -0.553. The van der Waals surface area contributed by atoms with Crippen LogP contribution in [0.25, 0.3) is 6.08 Å². The molecule has 1 aromatic rings. The first kappa shape index (κ1) is 16.4. The lowest BCUT2D eigenvalue weighted by Crippen LogP contribution is -2.43. The van der Waals surface area contributed by atoms with Crippen molar-refractivity contribution in [3.05, 3.63) is 54.2 Å². The maximum absolute atomic E-state index is 12.1. The summed E-state index contributed by atoms with van der Waals surface area (Å²) in [5.41, 5.74) is 0.839. The number of hydrogen-bond acceptors (Lipinski definition) is 3. The Labute approximate surface area is 124 Å². The highest BCUT2D eigenvalue weighted by Crippen LogP contribution is 2.04. The zero-order valence-corrected chi connectivity index (χ0v) is 12.1. The monoisotopic (exact) mass is 286 g/mol. The van der Waals surface area contributed by atoms with Gasteiger partial charge in [0.15, 0.2) is 0 Å². The van der Waals surface area contributed by atoms with E-state index in [9.17, 15) is 14.4 Å². The van der Waals surface area contributed by atoms with Crippen molar-refractivity contribution in [2.45, 2.75) is 6.92 Å². The Morgan fingerprint density at radius 1 is 1.19 bits per heavy atom. The topological polar surface area (TPSA) is 57.7 Å². The third-order valence-corrected chi connectivity index (χ3v) is 2.65. The Kier molecular flexibility index (Phi) is 6.60. The number of allylic oxidation sites excluding steroid dienone is 1. The zero-order valence-electron chi connectivity index (χ0n) is 12.1. The lowest BCUT2D eigenvalue weighted by atomic mass is 10.2. The molecular formula is C16H18N2O3. The predicted octanol–water partition coefficient (Wildman–Crippen LogP) is 2.31. The molecule has 0 atom stereocenters. The van der Waals surface area contributed by atoms with Crippen molar-refractivity contribution in [3.8, 4) is 0 Å². The Bertz CT molecular complexity index is 550. The highest BCUT2D eigenvalue weighted by molar-refractivity contribution is 6.03. The molecular weight excluding hydrogens is 268 g/mol. The normalized spacial score (nSPS) is 10.8. The van der Waals surface area contributed by atoms with Gasteiger partial charge in [-0.05, 0) is 18.6 Å². The number of carbonyl (C=O) groups excluding carboxylic acids is 3. The van der Waals surface area contributed by atoms with E-state index < -0.39 is 11.9 Å². The first-order valence-corrected chi connectivity index (χ1v) is 6.48. The van der Waals surface area contributed by atoms with E-state index in [1.807, 2.05) is 30.3 Å². The van der Waals surface area contributed by atoms with E-state index >= 15 is 0 Å². The van der Waals surface area contributed by atoms with Crippen LogP contribution >= 0.6 is 0 Å². The molecule has 0 heterocycles. The van der Waals surface area contributed by atoms with Crippen LogP contribution in [0.2, 0.25) is 0 Å². The predicted molar refractivity (Wildman–Crippen MR) is 81.2 cm³/mol. The molecule has 0 saturated heterocycles. The molecule has 0 saturated carbocycles. The van der Waals surface area contributed by atoms with Crippen molar-refractivity contribution in [3.63, 3.8) is 0 Å². The molecule has 0 fully saturated rings. The summed E-state index contributed by atoms with van der Waals surface area (Å²) in [5.74, 6) is -0.535. The number of imide groups is 1. The highest BCUT2D eigenvalue weighted by Gasteiger charge is 2.21. The molecule has 0 radical (unpaired) electrons. The largest absolute Gasteiger partial charge is 0.331 e. The molecule has 0 aliphatic carbocycles. The molecule has 110 valence electrons. The van der Waals surface area contributed by atoms with Crippen LogP contribution in [0.5, 0.6) is 0 Å². The molecule has 5 heteroatoms. The van der Waals surface area contributed by atoms with Crippen LogP contribution in [-0.4, -0.2) is 41.6 Å². The summed E-state index contributed by atoms with van der Waals surface area (Å²) in [6.45, 7) is 1.48. The quantitative estimate of drug-likeness (QED) is 0.616. The first-order chi connectivity index (χ1) is 10.1. The van der Waals surface area contributed by atoms with Crippen molar-refractivity contribution in [1.29, 1.82) is 0 Å². The van der Waals surface area contributed by atoms with E-state index in [0.717, 1.165) is 10.5 Å². The fourth-order valence-electron chi connectivity index (χ4n) is 1.64. The molecule has 0 aliphatic heterocycles. The van der Waals surface area contributed by atoms with Crippen molar-refractivity contribution >= 4 is 24.3 Å². The summed E-state index contributed by atoms with van der Waals surface area (Å²) in [5, 5.41) is 0. The molecule has 0 N–H and O–H groups in total. The minimum absolute atomic E-state index is 0.279. The number of urea groups is 1. The van der Waals surface area contributed by atoms with Gasteiger partial charge in [-0.1, -0.05) is 36.4 Å². The maximum Gasteiger partial charge on any atom is 0.331 e. The number of carbonyl (C=O) groups is 3. The molecule has 0 unspecified atom stereocenters. The van der Waals surface area contributed by atoms with Crippen molar-refractivity contribution in [2.75, 3.05) is 13.6 Å². The fraction of sp³-hybridized carbons (Fsp3) is 0.188. The summed E-state index contributed by atoms with van der Waals surface area (Å²) in [6.07, 6.45) is 6.59. The lowest BCUT2D eigenvalue weighted by Gasteiger charge is -2.21. The summed E-state index contributed by atoms with van der Waals surface area (Å²) in [7, 11) is 1.52. The molecule has 5 nitrogen and oxygen atoms in total. The van der Waals surface area contributed by atoms with Crippen LogP contribution < -0.4 is 0 Å². The van der Waals surface area contributed by atoms with Crippen LogP contribution in [0.1, 0.15) is 12.5 Å². The van der Waals surface area contributed by atoms with Crippen molar-refractivity contribution in [2.24, 2.45) is 0 Å². The van der Waals surface area contributed by atoms with Gasteiger partial charge >= 0.3 is 6.03 Å². The summed E-state index contributed by atoms with van der Waals surface area (Å²) in [6, 6.07) is 8.68. The molecule has 1 aromatic carbocycles. The van der Waals surface area contributed by atoms with Crippen molar-refractivity contribution < 1.29 is 14.4 Å². The Hall–Kier alpha value is -2.69. The number of nitrogens with zero attached hydrogens (tertiary/aromatic N) is 2. The molecule has 1 rings (SSSR count). The molecule has 0 aliphatic rings. The van der Waals surface area contributed by atoms with Gasteiger partial charge in [-0.25, -0.2) is 4.79 Å². The third-order valence-electron chi connectivity index (χ3n) is 2.65. The molecule has 0 bridgehead atoms. The maximum atomic E-state index is 12.1. The second kappa shape index (κ2) is 8.47. The average Bonchev–Trinajstić information content (AvgIpc) is 2.51. The molecule has 0 spiro atoms. The number of aldehydes is 1. The van der Waals surface area contributed by atoms with Gasteiger partial charge in [0.2, 0.25) is 0 Å². The highest BCUT2D eigenvalue weighted by atomic mass is 16.2. The van der Waals surface area contributed by atoms with E-state index in [0.29, 0.717) is 6.29 Å². The van der Waals surface area contributed by atoms with Gasteiger partial charge in [0, 0.05) is 19.3 Å². The van der Waals surface area contributed by atoms with Crippen LogP contribution in [0.3, 0.4) is 0 Å². The second-order valence-electron chi connectivity index (χ2n) is 4.24. The zero-order chi connectivity index (χ0) is 15.7. The lowest BCUT2D eigenvalue weighted by molar-refractivity contribution is -0.125. The van der Waals surface area contributed by atoms with E-state index in [1.54, 1.807) is 19.1 Å². The number of amides is 3. The van der Waals surface area contributed by atoms with E-state index in [1.165, 1.54) is 24.2 Å². The Morgan fingerprint density at radius 3 is 2.43 bits per heavy atom. The SMILES string of the molecule is CC=CN(C)C(=O)N(CC=O)C(=O)C=Cc1ccccc1. The van der Waals surface area contributed by atoms with Crippen LogP contribution in [0.15, 0.2) is 48.7 Å². The van der Waals surface area contributed by atoms with Crippen LogP contribution in [-0.2, 0) is 9.59 Å². The molecule has 3 amide bonds. The van der Waals surface area contributed by atoms with Crippen molar-refractivity contribution in [1.82, 2.24) is 9.80 Å². The first-order valence-electron chi connectivity index (χ1n) is 6.48. The minimum Gasteiger partial charge on any atom is -0.304 e. The Morgan fingerprint density at radius 2 is 1.86 bits per heavy atom. The smallest absolute Gasteiger partial charge is 0.304 e. The second-order valence-corrected chi connectivity index (χ2v) is 4.24. The number of rotatable bonds is 5. The van der Waals surface area contributed by atoms with E-state index in [2.05, 4.69) is 0 Å². The van der Waals surface area contributed by atoms with Gasteiger partial charge in [-0.15, -0.1) is 0 Å². The number of benzene rings is 1. The summed E-state index contributed by atoms with van der Waals surface area (Å²) < 4.78 is 0. The van der Waals surface area contributed by atoms with Gasteiger partial charge in [0.1, 0.15) is 6.29 Å². The van der Waals surface area contributed by atoms with Gasteiger partial charge in [0.25, 0.3) is 5.91 Å². The summed E-state index contributed by atoms with van der Waals surface area (Å²) >= 11 is 0. The summed E-state index contributed by atoms with van der Waals surface area (Å²) in [4.78, 5) is 36.9. The van der Waals surface area contributed by atoms with Crippen LogP contribution in [0, 0.1) is 0 Å². The number of hydrogen-bond donors (Lipinski definition) is 0. The van der Waals surface area contributed by atoms with E-state index in [-0.39, 0.29) is 6.54 Å². The van der Waals surface area contributed by atoms with Gasteiger partial charge in [-0.2, -0.15) is 0 Å². The third kappa shape index (κ3) is 5.06. The van der Waals surface area contributed by atoms with Gasteiger partial charge < -0.3 is 9.69 Å². The fourth-order valence-corrected chi connectivity index (χ4v) is 1.64. The average molecular weight is 286 g/mol. The molecule has 21 heavy (non-hydrogen) atoms. The van der Waals surface area contributed by atoms with Crippen LogP contribution in [0.4, 0.5) is 4.79 Å². The molecule has 0 aromatic heterocycles. The Balaban J connectivity index is 2.85. The van der Waals surface area contributed by atoms with E-state index in [4.69, 9.17) is 0 Å². The van der Waals surface area contributed by atoms with Gasteiger partial charge in [-0.3, -0.25) is 9.69 Å². The standard InChI is InChI=1S/C16H18N2O3/c1-3-11-17(2)16(21)18(12-13-19)15(20)10-9-14-7-5-4-6-8-14/h3-11,13H,12H2,1-2H3.